The van der Waals surface area contributed by atoms with Crippen molar-refractivity contribution in [3.05, 3.63) is 0 Å². The fourth-order valence-electron chi connectivity index (χ4n) is 0.850. The summed E-state index contributed by atoms with van der Waals surface area (Å²) >= 11 is 0. The van der Waals surface area contributed by atoms with Gasteiger partial charge < -0.3 is 10.6 Å². The Bertz CT molecular complexity index is 186. The maximum Gasteiger partial charge on any atom is 0.406 e. The minimum Gasteiger partial charge on any atom is -0.370 e. The molecule has 0 radical (unpaired) electrons. The molecule has 0 rings (SSSR count). The molecule has 0 unspecified atom stereocenters. The van der Waals surface area contributed by atoms with Gasteiger partial charge in [0.2, 0.25) is 0 Å². The molecule has 0 fully saturated rings. The van der Waals surface area contributed by atoms with E-state index in [-0.39, 0.29) is 12.0 Å². The predicted molar refractivity (Wildman–Crippen MR) is 45.4 cm³/mol. The topological polar surface area (TPSA) is 41.6 Å². The molecule has 0 atom stereocenters. The number of nitrogens with zero attached hydrogens (tertiary/aromatic N) is 2. The molecular formula is C7H14F3N3. The first kappa shape index (κ1) is 12.1. The first-order chi connectivity index (χ1) is 5.78. The van der Waals surface area contributed by atoms with Crippen LogP contribution in [0.3, 0.4) is 0 Å². The number of nitrogens with two attached hydrogens (primary N) is 1. The Morgan fingerprint density at radius 2 is 1.92 bits per heavy atom. The van der Waals surface area contributed by atoms with E-state index in [1.807, 2.05) is 0 Å². The lowest BCUT2D eigenvalue weighted by atomic mass is 10.3. The van der Waals surface area contributed by atoms with Crippen molar-refractivity contribution in [1.82, 2.24) is 4.90 Å². The first-order valence-electron chi connectivity index (χ1n) is 3.83. The summed E-state index contributed by atoms with van der Waals surface area (Å²) in [6.45, 7) is 2.20. The summed E-state index contributed by atoms with van der Waals surface area (Å²) in [5, 5.41) is 0. The maximum absolute atomic E-state index is 12.0. The smallest absolute Gasteiger partial charge is 0.370 e. The third kappa shape index (κ3) is 4.59. The summed E-state index contributed by atoms with van der Waals surface area (Å²) in [6, 6.07) is -0.315. The number of rotatable bonds is 2. The Balaban J connectivity index is 4.46. The minimum absolute atomic E-state index is 0.0904. The average molecular weight is 197 g/mol. The van der Waals surface area contributed by atoms with E-state index in [1.54, 1.807) is 13.8 Å². The number of aliphatic imine (C=N–C) groups is 1. The van der Waals surface area contributed by atoms with Gasteiger partial charge in [-0.1, -0.05) is 0 Å². The van der Waals surface area contributed by atoms with Crippen LogP contribution in [-0.4, -0.2) is 36.7 Å². The van der Waals surface area contributed by atoms with E-state index in [9.17, 15) is 13.2 Å². The van der Waals surface area contributed by atoms with Gasteiger partial charge in [0.1, 0.15) is 6.54 Å². The van der Waals surface area contributed by atoms with Gasteiger partial charge in [0.15, 0.2) is 5.96 Å². The van der Waals surface area contributed by atoms with Crippen LogP contribution in [0.2, 0.25) is 0 Å². The molecule has 3 nitrogen and oxygen atoms in total. The molecule has 0 aromatic rings. The van der Waals surface area contributed by atoms with Gasteiger partial charge in [-0.25, -0.2) is 0 Å². The molecule has 0 spiro atoms. The van der Waals surface area contributed by atoms with Crippen LogP contribution >= 0.6 is 0 Å². The van der Waals surface area contributed by atoms with Gasteiger partial charge in [0.25, 0.3) is 0 Å². The SMILES string of the molecule is CN=C(N)N(CC(F)(F)F)C(C)C. The maximum atomic E-state index is 12.0. The molecule has 0 aliphatic rings. The molecule has 0 saturated heterocycles. The van der Waals surface area contributed by atoms with Gasteiger partial charge in [0, 0.05) is 13.1 Å². The van der Waals surface area contributed by atoms with Crippen LogP contribution in [0.4, 0.5) is 13.2 Å². The zero-order chi connectivity index (χ0) is 10.6. The second kappa shape index (κ2) is 4.34. The Morgan fingerprint density at radius 1 is 1.46 bits per heavy atom. The lowest BCUT2D eigenvalue weighted by Crippen LogP contribution is -2.47. The Hall–Kier alpha value is -0.940. The normalized spacial score (nSPS) is 13.6. The lowest BCUT2D eigenvalue weighted by molar-refractivity contribution is -0.140. The van der Waals surface area contributed by atoms with Crippen molar-refractivity contribution in [2.24, 2.45) is 10.7 Å². The van der Waals surface area contributed by atoms with Crippen LogP contribution in [0.15, 0.2) is 4.99 Å². The molecule has 6 heteroatoms. The van der Waals surface area contributed by atoms with Gasteiger partial charge in [0.05, 0.1) is 0 Å². The highest BCUT2D eigenvalue weighted by Crippen LogP contribution is 2.17. The van der Waals surface area contributed by atoms with E-state index in [4.69, 9.17) is 5.73 Å². The zero-order valence-electron chi connectivity index (χ0n) is 7.89. The fourth-order valence-corrected chi connectivity index (χ4v) is 0.850. The second-order valence-electron chi connectivity index (χ2n) is 2.92. The van der Waals surface area contributed by atoms with Gasteiger partial charge in [-0.05, 0) is 13.8 Å². The third-order valence-electron chi connectivity index (χ3n) is 1.50. The zero-order valence-corrected chi connectivity index (χ0v) is 7.89. The third-order valence-corrected chi connectivity index (χ3v) is 1.50. The lowest BCUT2D eigenvalue weighted by Gasteiger charge is -2.28. The summed E-state index contributed by atoms with van der Waals surface area (Å²) in [6.07, 6.45) is -4.25. The van der Waals surface area contributed by atoms with Crippen LogP contribution in [0.25, 0.3) is 0 Å². The molecule has 13 heavy (non-hydrogen) atoms. The molecule has 0 bridgehead atoms. The minimum atomic E-state index is -4.25. The van der Waals surface area contributed by atoms with Crippen molar-refractivity contribution in [3.63, 3.8) is 0 Å². The summed E-state index contributed by atoms with van der Waals surface area (Å²) in [5.41, 5.74) is 5.30. The highest BCUT2D eigenvalue weighted by molar-refractivity contribution is 5.78. The monoisotopic (exact) mass is 197 g/mol. The molecule has 0 aliphatic heterocycles. The largest absolute Gasteiger partial charge is 0.406 e. The molecule has 78 valence electrons. The van der Waals surface area contributed by atoms with E-state index in [2.05, 4.69) is 4.99 Å². The fraction of sp³-hybridized carbons (Fsp3) is 0.857. The van der Waals surface area contributed by atoms with Crippen LogP contribution in [0.1, 0.15) is 13.8 Å². The van der Waals surface area contributed by atoms with E-state index in [0.717, 1.165) is 4.90 Å². The summed E-state index contributed by atoms with van der Waals surface area (Å²) in [7, 11) is 1.36. The summed E-state index contributed by atoms with van der Waals surface area (Å²) < 4.78 is 36.0. The van der Waals surface area contributed by atoms with E-state index >= 15 is 0 Å². The Morgan fingerprint density at radius 3 is 2.15 bits per heavy atom. The predicted octanol–water partition coefficient (Wildman–Crippen LogP) is 1.20. The molecule has 2 N–H and O–H groups in total. The number of hydrogen-bond acceptors (Lipinski definition) is 1. The van der Waals surface area contributed by atoms with E-state index in [1.165, 1.54) is 7.05 Å². The molecule has 0 heterocycles. The van der Waals surface area contributed by atoms with Crippen molar-refractivity contribution >= 4 is 5.96 Å². The van der Waals surface area contributed by atoms with Crippen molar-refractivity contribution in [3.8, 4) is 0 Å². The molecule has 0 aliphatic carbocycles. The van der Waals surface area contributed by atoms with Crippen LogP contribution < -0.4 is 5.73 Å². The van der Waals surface area contributed by atoms with Crippen LogP contribution in [0.5, 0.6) is 0 Å². The number of hydrogen-bond donors (Lipinski definition) is 1. The number of guanidine groups is 1. The van der Waals surface area contributed by atoms with Crippen LogP contribution in [-0.2, 0) is 0 Å². The highest BCUT2D eigenvalue weighted by atomic mass is 19.4. The standard InChI is InChI=1S/C7H14F3N3/c1-5(2)13(6(11)12-3)4-7(8,9)10/h5H,4H2,1-3H3,(H2,11,12). The molecule has 0 aromatic carbocycles. The molecular weight excluding hydrogens is 183 g/mol. The molecule has 0 aromatic heterocycles. The van der Waals surface area contributed by atoms with Gasteiger partial charge >= 0.3 is 6.18 Å². The van der Waals surface area contributed by atoms with E-state index < -0.39 is 12.7 Å². The second-order valence-corrected chi connectivity index (χ2v) is 2.92. The molecule has 0 amide bonds. The van der Waals surface area contributed by atoms with Gasteiger partial charge in [-0.3, -0.25) is 4.99 Å². The van der Waals surface area contributed by atoms with Crippen molar-refractivity contribution in [2.45, 2.75) is 26.1 Å². The average Bonchev–Trinajstić information content (AvgIpc) is 1.96. The van der Waals surface area contributed by atoms with Crippen molar-refractivity contribution < 1.29 is 13.2 Å². The van der Waals surface area contributed by atoms with Gasteiger partial charge in [-0.15, -0.1) is 0 Å². The van der Waals surface area contributed by atoms with Crippen molar-refractivity contribution in [2.75, 3.05) is 13.6 Å². The first-order valence-corrected chi connectivity index (χ1v) is 3.83. The summed E-state index contributed by atoms with van der Waals surface area (Å²) in [5.74, 6) is -0.0904. The summed E-state index contributed by atoms with van der Waals surface area (Å²) in [4.78, 5) is 4.51. The number of alkyl halides is 3. The van der Waals surface area contributed by atoms with Crippen LogP contribution in [0, 0.1) is 0 Å². The van der Waals surface area contributed by atoms with Gasteiger partial charge in [-0.2, -0.15) is 13.2 Å². The van der Waals surface area contributed by atoms with Crippen molar-refractivity contribution in [1.29, 1.82) is 0 Å². The quantitative estimate of drug-likeness (QED) is 0.534. The highest BCUT2D eigenvalue weighted by Gasteiger charge is 2.32. The number of halogens is 3. The molecule has 0 saturated carbocycles. The Labute approximate surface area is 75.4 Å². The Kier molecular flexibility index (Phi) is 4.03. The van der Waals surface area contributed by atoms with E-state index in [0.29, 0.717) is 0 Å².